The van der Waals surface area contributed by atoms with E-state index in [9.17, 15) is 0 Å². The summed E-state index contributed by atoms with van der Waals surface area (Å²) in [6.07, 6.45) is 9.66. The van der Waals surface area contributed by atoms with Gasteiger partial charge in [0.15, 0.2) is 0 Å². The van der Waals surface area contributed by atoms with Crippen molar-refractivity contribution >= 4 is 5.84 Å². The number of rotatable bonds is 1. The van der Waals surface area contributed by atoms with E-state index in [-0.39, 0.29) is 0 Å². The minimum absolute atomic E-state index is 0.524. The van der Waals surface area contributed by atoms with Crippen LogP contribution in [0.4, 0.5) is 0 Å². The number of amidine groups is 1. The maximum absolute atomic E-state index is 4.89. The third-order valence-corrected chi connectivity index (χ3v) is 6.53. The van der Waals surface area contributed by atoms with Gasteiger partial charge in [-0.15, -0.1) is 0 Å². The highest BCUT2D eigenvalue weighted by Gasteiger charge is 2.45. The van der Waals surface area contributed by atoms with Gasteiger partial charge in [-0.05, 0) is 38.5 Å². The van der Waals surface area contributed by atoms with Gasteiger partial charge in [0.1, 0.15) is 0 Å². The molecule has 0 spiro atoms. The average molecular weight is 290 g/mol. The first-order valence-corrected chi connectivity index (χ1v) is 8.99. The fourth-order valence-electron chi connectivity index (χ4n) is 5.15. The van der Waals surface area contributed by atoms with Crippen molar-refractivity contribution in [3.63, 3.8) is 0 Å². The summed E-state index contributed by atoms with van der Waals surface area (Å²) in [6, 6.07) is 3.14. The van der Waals surface area contributed by atoms with Crippen LogP contribution in [-0.4, -0.2) is 54.5 Å². The predicted molar refractivity (Wildman–Crippen MR) is 86.8 cm³/mol. The molecule has 2 heterocycles. The molecule has 21 heavy (non-hydrogen) atoms. The summed E-state index contributed by atoms with van der Waals surface area (Å²) >= 11 is 0. The molecule has 0 aromatic heterocycles. The number of piperazine rings is 1. The molecule has 4 rings (SSSR count). The van der Waals surface area contributed by atoms with Gasteiger partial charge >= 0.3 is 0 Å². The summed E-state index contributed by atoms with van der Waals surface area (Å²) in [5.41, 5.74) is 0. The van der Waals surface area contributed by atoms with Crippen LogP contribution in [0, 0.1) is 5.92 Å². The van der Waals surface area contributed by atoms with Gasteiger partial charge < -0.3 is 15.5 Å². The van der Waals surface area contributed by atoms with E-state index in [0.717, 1.165) is 5.92 Å². The number of likely N-dealkylation sites (N-methyl/N-ethyl adjacent to an activating group) is 1. The van der Waals surface area contributed by atoms with Crippen molar-refractivity contribution < 1.29 is 0 Å². The summed E-state index contributed by atoms with van der Waals surface area (Å²) in [5.74, 6) is 2.13. The van der Waals surface area contributed by atoms with E-state index in [4.69, 9.17) is 4.99 Å². The fourth-order valence-corrected chi connectivity index (χ4v) is 5.15. The van der Waals surface area contributed by atoms with Gasteiger partial charge in [0, 0.05) is 31.7 Å². The summed E-state index contributed by atoms with van der Waals surface area (Å²) in [4.78, 5) is 7.29. The van der Waals surface area contributed by atoms with Gasteiger partial charge in [-0.25, -0.2) is 0 Å². The van der Waals surface area contributed by atoms with Gasteiger partial charge in [-0.3, -0.25) is 4.99 Å². The standard InChI is InChI=1S/C17H30N4/c1-11-19-15-8-14-13(9-17(15)21(11)2)18-10-16(20-14)12-6-4-3-5-7-12/h12-18,20H,3-10H2,1-2H3. The largest absolute Gasteiger partial charge is 0.358 e. The number of nitrogens with zero attached hydrogens (tertiary/aromatic N) is 2. The van der Waals surface area contributed by atoms with Crippen LogP contribution in [0.5, 0.6) is 0 Å². The molecular weight excluding hydrogens is 260 g/mol. The molecule has 4 heteroatoms. The van der Waals surface area contributed by atoms with E-state index >= 15 is 0 Å². The Morgan fingerprint density at radius 1 is 1.05 bits per heavy atom. The Morgan fingerprint density at radius 2 is 1.86 bits per heavy atom. The zero-order valence-corrected chi connectivity index (χ0v) is 13.5. The van der Waals surface area contributed by atoms with Gasteiger partial charge in [0.05, 0.1) is 17.9 Å². The van der Waals surface area contributed by atoms with Crippen molar-refractivity contribution in [1.82, 2.24) is 15.5 Å². The van der Waals surface area contributed by atoms with E-state index in [1.807, 2.05) is 0 Å². The SMILES string of the molecule is CC1=NC2CC3NC(C4CCCCC4)CNC3CC2N1C. The van der Waals surface area contributed by atoms with Crippen LogP contribution in [0.1, 0.15) is 51.9 Å². The van der Waals surface area contributed by atoms with Crippen LogP contribution in [-0.2, 0) is 0 Å². The van der Waals surface area contributed by atoms with Crippen LogP contribution in [0.2, 0.25) is 0 Å². The molecule has 0 aromatic carbocycles. The van der Waals surface area contributed by atoms with Gasteiger partial charge in [-0.2, -0.15) is 0 Å². The van der Waals surface area contributed by atoms with Crippen molar-refractivity contribution in [1.29, 1.82) is 0 Å². The highest BCUT2D eigenvalue weighted by atomic mass is 15.3. The van der Waals surface area contributed by atoms with Crippen molar-refractivity contribution in [3.05, 3.63) is 0 Å². The lowest BCUT2D eigenvalue weighted by atomic mass is 9.78. The topological polar surface area (TPSA) is 39.7 Å². The molecule has 0 aromatic rings. The second-order valence-corrected chi connectivity index (χ2v) is 7.69. The maximum Gasteiger partial charge on any atom is 0.0962 e. The van der Waals surface area contributed by atoms with Crippen LogP contribution in [0.25, 0.3) is 0 Å². The summed E-state index contributed by atoms with van der Waals surface area (Å²) in [5, 5.41) is 7.89. The van der Waals surface area contributed by atoms with Gasteiger partial charge in [0.25, 0.3) is 0 Å². The molecule has 3 fully saturated rings. The number of hydrogen-bond acceptors (Lipinski definition) is 4. The molecule has 0 amide bonds. The lowest BCUT2D eigenvalue weighted by Gasteiger charge is -2.48. The number of aliphatic imine (C=N–C) groups is 1. The minimum Gasteiger partial charge on any atom is -0.358 e. The molecule has 118 valence electrons. The monoisotopic (exact) mass is 290 g/mol. The second-order valence-electron chi connectivity index (χ2n) is 7.69. The lowest BCUT2D eigenvalue weighted by molar-refractivity contribution is 0.124. The molecule has 5 atom stereocenters. The normalized spacial score (nSPS) is 44.2. The molecule has 2 aliphatic heterocycles. The highest BCUT2D eigenvalue weighted by molar-refractivity contribution is 5.82. The summed E-state index contributed by atoms with van der Waals surface area (Å²) < 4.78 is 0. The lowest BCUT2D eigenvalue weighted by Crippen LogP contribution is -2.67. The van der Waals surface area contributed by atoms with Crippen molar-refractivity contribution in [2.45, 2.75) is 82.1 Å². The molecule has 2 aliphatic carbocycles. The Balaban J connectivity index is 1.42. The third-order valence-electron chi connectivity index (χ3n) is 6.53. The first-order valence-electron chi connectivity index (χ1n) is 8.99. The molecular formula is C17H30N4. The molecule has 4 nitrogen and oxygen atoms in total. The fraction of sp³-hybridized carbons (Fsp3) is 0.941. The predicted octanol–water partition coefficient (Wildman–Crippen LogP) is 1.76. The van der Waals surface area contributed by atoms with Crippen molar-refractivity contribution in [2.24, 2.45) is 10.9 Å². The summed E-state index contributed by atoms with van der Waals surface area (Å²) in [7, 11) is 2.21. The molecule has 5 unspecified atom stereocenters. The molecule has 2 saturated carbocycles. The van der Waals surface area contributed by atoms with E-state index in [2.05, 4.69) is 29.5 Å². The molecule has 4 aliphatic rings. The highest BCUT2D eigenvalue weighted by Crippen LogP contribution is 2.34. The first-order chi connectivity index (χ1) is 10.2. The summed E-state index contributed by atoms with van der Waals surface area (Å²) in [6.45, 7) is 3.33. The van der Waals surface area contributed by atoms with Crippen molar-refractivity contribution in [3.8, 4) is 0 Å². The number of nitrogens with one attached hydrogen (secondary N) is 2. The third kappa shape index (κ3) is 2.50. The zero-order chi connectivity index (χ0) is 14.4. The number of fused-ring (bicyclic) bond motifs is 2. The second kappa shape index (κ2) is 5.54. The smallest absolute Gasteiger partial charge is 0.0962 e. The van der Waals surface area contributed by atoms with Crippen LogP contribution in [0.15, 0.2) is 4.99 Å². The van der Waals surface area contributed by atoms with Gasteiger partial charge in [-0.1, -0.05) is 19.3 Å². The van der Waals surface area contributed by atoms with Crippen LogP contribution < -0.4 is 10.6 Å². The molecule has 2 N–H and O–H groups in total. The van der Waals surface area contributed by atoms with E-state index in [1.165, 1.54) is 57.3 Å². The molecule has 0 radical (unpaired) electrons. The Labute approximate surface area is 128 Å². The first kappa shape index (κ1) is 14.0. The molecule has 1 saturated heterocycles. The van der Waals surface area contributed by atoms with Gasteiger partial charge in [0.2, 0.25) is 0 Å². The Bertz CT molecular complexity index is 415. The quantitative estimate of drug-likeness (QED) is 0.773. The van der Waals surface area contributed by atoms with E-state index < -0.39 is 0 Å². The Hall–Kier alpha value is -0.610. The average Bonchev–Trinajstić information content (AvgIpc) is 2.80. The zero-order valence-electron chi connectivity index (χ0n) is 13.5. The van der Waals surface area contributed by atoms with Crippen LogP contribution >= 0.6 is 0 Å². The van der Waals surface area contributed by atoms with Crippen LogP contribution in [0.3, 0.4) is 0 Å². The Morgan fingerprint density at radius 3 is 2.67 bits per heavy atom. The Kier molecular flexibility index (Phi) is 3.70. The molecule has 0 bridgehead atoms. The maximum atomic E-state index is 4.89. The number of hydrogen-bond donors (Lipinski definition) is 2. The van der Waals surface area contributed by atoms with Crippen molar-refractivity contribution in [2.75, 3.05) is 13.6 Å². The minimum atomic E-state index is 0.524. The van der Waals surface area contributed by atoms with E-state index in [1.54, 1.807) is 0 Å². The van der Waals surface area contributed by atoms with E-state index in [0.29, 0.717) is 30.2 Å².